The summed E-state index contributed by atoms with van der Waals surface area (Å²) in [5, 5.41) is 14.5. The van der Waals surface area contributed by atoms with Gasteiger partial charge in [0.05, 0.1) is 0 Å². The Labute approximate surface area is 206 Å². The van der Waals surface area contributed by atoms with E-state index in [9.17, 15) is 14.4 Å². The lowest BCUT2D eigenvalue weighted by Crippen LogP contribution is -2.38. The highest BCUT2D eigenvalue weighted by Crippen LogP contribution is 2.44. The third kappa shape index (κ3) is 6.21. The summed E-state index contributed by atoms with van der Waals surface area (Å²) >= 11 is 0. The van der Waals surface area contributed by atoms with Crippen molar-refractivity contribution in [2.24, 2.45) is 11.8 Å². The average molecular weight is 479 g/mol. The molecule has 1 fully saturated rings. The predicted molar refractivity (Wildman–Crippen MR) is 133 cm³/mol. The van der Waals surface area contributed by atoms with Gasteiger partial charge in [0.1, 0.15) is 6.61 Å². The fourth-order valence-corrected chi connectivity index (χ4v) is 5.41. The van der Waals surface area contributed by atoms with Crippen molar-refractivity contribution < 1.29 is 24.2 Å². The van der Waals surface area contributed by atoms with Crippen LogP contribution in [0.3, 0.4) is 0 Å². The summed E-state index contributed by atoms with van der Waals surface area (Å²) < 4.78 is 5.62. The summed E-state index contributed by atoms with van der Waals surface area (Å²) in [6.07, 6.45) is 4.59. The van der Waals surface area contributed by atoms with E-state index >= 15 is 0 Å². The van der Waals surface area contributed by atoms with Crippen molar-refractivity contribution in [3.05, 3.63) is 59.7 Å². The molecule has 0 aliphatic heterocycles. The summed E-state index contributed by atoms with van der Waals surface area (Å²) in [6.45, 7) is 1.26. The van der Waals surface area contributed by atoms with E-state index in [1.165, 1.54) is 22.3 Å². The topological polar surface area (TPSA) is 105 Å². The lowest BCUT2D eigenvalue weighted by Gasteiger charge is -2.20. The molecule has 35 heavy (non-hydrogen) atoms. The number of aliphatic carboxylic acids is 1. The van der Waals surface area contributed by atoms with Crippen molar-refractivity contribution in [3.63, 3.8) is 0 Å². The van der Waals surface area contributed by atoms with Crippen LogP contribution in [0.25, 0.3) is 11.1 Å². The molecule has 0 heterocycles. The van der Waals surface area contributed by atoms with Crippen LogP contribution in [0, 0.1) is 11.8 Å². The Morgan fingerprint density at radius 1 is 0.886 bits per heavy atom. The number of fused-ring (bicyclic) bond motifs is 3. The first-order valence-corrected chi connectivity index (χ1v) is 12.6. The zero-order valence-electron chi connectivity index (χ0n) is 20.0. The van der Waals surface area contributed by atoms with Crippen molar-refractivity contribution in [1.29, 1.82) is 0 Å². The standard InChI is InChI=1S/C28H34N2O5/c31-26(32)15-2-1-7-16-29-27(33)20-14-8-9-19(20)17-30-28(34)35-18-25-23-12-5-3-10-21(23)22-11-4-6-13-24(22)25/h3-6,10-13,19-20,25H,1-2,7-9,14-18H2,(H,29,33)(H,30,34)(H,31,32)/t19-,20-/m1/s1. The molecule has 7 heteroatoms. The zero-order valence-corrected chi connectivity index (χ0v) is 20.0. The van der Waals surface area contributed by atoms with Crippen LogP contribution in [0.5, 0.6) is 0 Å². The molecule has 3 N–H and O–H groups in total. The Morgan fingerprint density at radius 2 is 1.57 bits per heavy atom. The summed E-state index contributed by atoms with van der Waals surface area (Å²) in [5.74, 6) is -0.745. The van der Waals surface area contributed by atoms with E-state index in [4.69, 9.17) is 9.84 Å². The predicted octanol–water partition coefficient (Wildman–Crippen LogP) is 4.70. The van der Waals surface area contributed by atoms with Crippen molar-refractivity contribution in [1.82, 2.24) is 10.6 Å². The highest BCUT2D eigenvalue weighted by molar-refractivity contribution is 5.80. The van der Waals surface area contributed by atoms with Crippen LogP contribution in [-0.4, -0.2) is 42.8 Å². The van der Waals surface area contributed by atoms with Gasteiger partial charge in [0, 0.05) is 31.3 Å². The molecule has 0 bridgehead atoms. The minimum absolute atomic E-state index is 0.0219. The minimum Gasteiger partial charge on any atom is -0.481 e. The second-order valence-electron chi connectivity index (χ2n) is 9.50. The fraction of sp³-hybridized carbons (Fsp3) is 0.464. The maximum absolute atomic E-state index is 12.6. The summed E-state index contributed by atoms with van der Waals surface area (Å²) in [4.78, 5) is 35.7. The number of ether oxygens (including phenoxy) is 1. The van der Waals surface area contributed by atoms with Crippen LogP contribution < -0.4 is 10.6 Å². The number of unbranched alkanes of at least 4 members (excludes halogenated alkanes) is 2. The molecule has 0 unspecified atom stereocenters. The molecule has 0 radical (unpaired) electrons. The first-order chi connectivity index (χ1) is 17.0. The van der Waals surface area contributed by atoms with E-state index < -0.39 is 12.1 Å². The van der Waals surface area contributed by atoms with Gasteiger partial charge < -0.3 is 20.5 Å². The van der Waals surface area contributed by atoms with Gasteiger partial charge in [-0.3, -0.25) is 9.59 Å². The monoisotopic (exact) mass is 478 g/mol. The Kier molecular flexibility index (Phi) is 8.40. The van der Waals surface area contributed by atoms with Gasteiger partial charge in [-0.1, -0.05) is 61.4 Å². The summed E-state index contributed by atoms with van der Waals surface area (Å²) in [6, 6.07) is 16.5. The number of carbonyl (C=O) groups excluding carboxylic acids is 2. The SMILES string of the molecule is O=C(O)CCCCCNC(=O)[C@@H]1CCC[C@@H]1CNC(=O)OCC1c2ccccc2-c2ccccc21. The van der Waals surface area contributed by atoms with Gasteiger partial charge in [0.25, 0.3) is 0 Å². The van der Waals surface area contributed by atoms with Crippen LogP contribution in [0.2, 0.25) is 0 Å². The number of rotatable bonds is 11. The molecule has 2 aliphatic rings. The molecule has 2 amide bonds. The number of amides is 2. The molecule has 2 atom stereocenters. The maximum Gasteiger partial charge on any atom is 0.407 e. The average Bonchev–Trinajstić information content (AvgIpc) is 3.46. The van der Waals surface area contributed by atoms with Gasteiger partial charge in [-0.2, -0.15) is 0 Å². The smallest absolute Gasteiger partial charge is 0.407 e. The fourth-order valence-electron chi connectivity index (χ4n) is 5.41. The van der Waals surface area contributed by atoms with E-state index in [1.54, 1.807) is 0 Å². The quantitative estimate of drug-likeness (QED) is 0.406. The van der Waals surface area contributed by atoms with E-state index in [1.807, 2.05) is 24.3 Å². The molecule has 0 aromatic heterocycles. The van der Waals surface area contributed by atoms with E-state index in [-0.39, 0.29) is 36.7 Å². The Bertz CT molecular complexity index is 1010. The number of carboxylic acid groups (broad SMARTS) is 1. The molecule has 4 rings (SSSR count). The first-order valence-electron chi connectivity index (χ1n) is 12.6. The van der Waals surface area contributed by atoms with E-state index in [2.05, 4.69) is 34.9 Å². The van der Waals surface area contributed by atoms with Gasteiger partial charge >= 0.3 is 12.1 Å². The van der Waals surface area contributed by atoms with Crippen molar-refractivity contribution in [2.75, 3.05) is 19.7 Å². The first kappa shape index (κ1) is 24.8. The number of carboxylic acids is 1. The Morgan fingerprint density at radius 3 is 2.26 bits per heavy atom. The molecule has 2 aromatic rings. The number of alkyl carbamates (subject to hydrolysis) is 1. The van der Waals surface area contributed by atoms with Crippen LogP contribution in [0.15, 0.2) is 48.5 Å². The molecule has 0 saturated heterocycles. The van der Waals surface area contributed by atoms with Crippen molar-refractivity contribution in [2.45, 2.75) is 50.9 Å². The van der Waals surface area contributed by atoms with Gasteiger partial charge in [-0.05, 0) is 53.9 Å². The van der Waals surface area contributed by atoms with E-state index in [0.717, 1.165) is 32.1 Å². The normalized spacial score (nSPS) is 18.5. The number of carbonyl (C=O) groups is 3. The summed E-state index contributed by atoms with van der Waals surface area (Å²) in [7, 11) is 0. The van der Waals surface area contributed by atoms with Gasteiger partial charge in [-0.25, -0.2) is 4.79 Å². The number of hydrogen-bond donors (Lipinski definition) is 3. The number of hydrogen-bond acceptors (Lipinski definition) is 4. The lowest BCUT2D eigenvalue weighted by molar-refractivity contribution is -0.137. The second kappa shape index (κ2) is 11.9. The van der Waals surface area contributed by atoms with Gasteiger partial charge in [0.15, 0.2) is 0 Å². The highest BCUT2D eigenvalue weighted by atomic mass is 16.5. The molecule has 186 valence electrons. The molecule has 2 aliphatic carbocycles. The third-order valence-corrected chi connectivity index (χ3v) is 7.21. The Hall–Kier alpha value is -3.35. The molecular formula is C28H34N2O5. The molecule has 0 spiro atoms. The Balaban J connectivity index is 1.21. The number of nitrogens with one attached hydrogen (secondary N) is 2. The molecule has 1 saturated carbocycles. The van der Waals surface area contributed by atoms with Crippen molar-refractivity contribution >= 4 is 18.0 Å². The van der Waals surface area contributed by atoms with Gasteiger partial charge in [0.2, 0.25) is 5.91 Å². The zero-order chi connectivity index (χ0) is 24.6. The highest BCUT2D eigenvalue weighted by Gasteiger charge is 2.33. The summed E-state index contributed by atoms with van der Waals surface area (Å²) in [5.41, 5.74) is 4.74. The van der Waals surface area contributed by atoms with Crippen LogP contribution >= 0.6 is 0 Å². The molecular weight excluding hydrogens is 444 g/mol. The van der Waals surface area contributed by atoms with Crippen LogP contribution in [0.4, 0.5) is 4.79 Å². The van der Waals surface area contributed by atoms with Crippen LogP contribution in [0.1, 0.15) is 62.0 Å². The largest absolute Gasteiger partial charge is 0.481 e. The van der Waals surface area contributed by atoms with Crippen molar-refractivity contribution in [3.8, 4) is 11.1 Å². The third-order valence-electron chi connectivity index (χ3n) is 7.21. The minimum atomic E-state index is -0.785. The van der Waals surface area contributed by atoms with E-state index in [0.29, 0.717) is 19.5 Å². The van der Waals surface area contributed by atoms with Gasteiger partial charge in [-0.15, -0.1) is 0 Å². The maximum atomic E-state index is 12.6. The lowest BCUT2D eigenvalue weighted by atomic mass is 9.95. The molecule has 2 aromatic carbocycles. The second-order valence-corrected chi connectivity index (χ2v) is 9.50. The van der Waals surface area contributed by atoms with Crippen LogP contribution in [-0.2, 0) is 14.3 Å². The molecule has 7 nitrogen and oxygen atoms in total. The number of benzene rings is 2.